The van der Waals surface area contributed by atoms with Gasteiger partial charge >= 0.3 is 0 Å². The van der Waals surface area contributed by atoms with Crippen molar-refractivity contribution < 1.29 is 9.47 Å². The number of benzene rings is 7. The van der Waals surface area contributed by atoms with Crippen LogP contribution < -0.4 is 20.9 Å². The van der Waals surface area contributed by atoms with Crippen molar-refractivity contribution in [3.63, 3.8) is 0 Å². The molecule has 11 aromatic rings. The van der Waals surface area contributed by atoms with Gasteiger partial charge in [0, 0.05) is 43.5 Å². The second kappa shape index (κ2) is 8.04. The van der Waals surface area contributed by atoms with Gasteiger partial charge in [-0.05, 0) is 190 Å². The third-order valence-corrected chi connectivity index (χ3v) is 17.7. The maximum absolute atomic E-state index is 6.30. The molecule has 0 N–H and O–H groups in total. The first-order chi connectivity index (χ1) is 27.7. The molecule has 0 amide bonds. The summed E-state index contributed by atoms with van der Waals surface area (Å²) in [4.78, 5) is 2.90. The normalized spacial score (nSPS) is 26.9. The Morgan fingerprint density at radius 3 is 2.34 bits per heavy atom. The van der Waals surface area contributed by atoms with E-state index < -0.39 is 0 Å². The second-order valence-electron chi connectivity index (χ2n) is 19.5. The second-order valence-corrected chi connectivity index (χ2v) is 19.5. The minimum Gasteiger partial charge on any atom is -0.382 e. The molecule has 1 saturated carbocycles. The van der Waals surface area contributed by atoms with E-state index in [1.165, 1.54) is 38.9 Å². The van der Waals surface area contributed by atoms with E-state index in [2.05, 4.69) is 66.4 Å². The van der Waals surface area contributed by atoms with Gasteiger partial charge < -0.3 is 9.47 Å². The number of hydrogen-bond acceptors (Lipinski definition) is 3. The molecule has 6 aliphatic carbocycles. The molecule has 2 fully saturated rings. The summed E-state index contributed by atoms with van der Waals surface area (Å²) in [7, 11) is 1.77. The van der Waals surface area contributed by atoms with Crippen molar-refractivity contribution >= 4 is 120 Å². The number of hydrogen-bond donors (Lipinski definition) is 0. The van der Waals surface area contributed by atoms with Crippen molar-refractivity contribution in [2.24, 2.45) is 17.3 Å². The number of aryl methyl sites for hydroxylation is 1. The average molecular weight is 718 g/mol. The van der Waals surface area contributed by atoms with Gasteiger partial charge in [0.05, 0.1) is 19.8 Å². The zero-order valence-electron chi connectivity index (χ0n) is 31.4. The Morgan fingerprint density at radius 2 is 1.46 bits per heavy atom. The van der Waals surface area contributed by atoms with Gasteiger partial charge in [0.15, 0.2) is 0 Å². The highest BCUT2D eigenvalue weighted by atomic mass is 16.5. The molecule has 3 heteroatoms. The van der Waals surface area contributed by atoms with E-state index in [4.69, 9.17) is 9.47 Å². The molecule has 5 unspecified atom stereocenters. The first-order valence-corrected chi connectivity index (χ1v) is 21.3. The van der Waals surface area contributed by atoms with Crippen molar-refractivity contribution in [3.8, 4) is 0 Å². The minimum atomic E-state index is 0.0322. The molecular weight excluding hydrogens is 683 g/mol. The molecule has 11 aromatic carbocycles. The van der Waals surface area contributed by atoms with Crippen LogP contribution in [0.25, 0.3) is 120 Å². The Kier molecular flexibility index (Phi) is 3.95. The van der Waals surface area contributed by atoms with Crippen LogP contribution >= 0.6 is 0 Å². The molecule has 0 radical (unpaired) electrons. The summed E-state index contributed by atoms with van der Waals surface area (Å²) in [5, 5.41) is 35.4. The Balaban J connectivity index is 1.11. The first kappa shape index (κ1) is 27.5. The summed E-state index contributed by atoms with van der Waals surface area (Å²) in [5.74, 6) is 1.44. The summed E-state index contributed by atoms with van der Waals surface area (Å²) in [6.07, 6.45) is 6.29. The molecule has 1 aliphatic heterocycles. The summed E-state index contributed by atoms with van der Waals surface area (Å²) in [6, 6.07) is 20.4. The third-order valence-electron chi connectivity index (χ3n) is 17.7. The molecule has 5 atom stereocenters. The topological polar surface area (TPSA) is 21.7 Å². The molecule has 1 spiro atoms. The fourth-order valence-electron chi connectivity index (χ4n) is 16.7. The monoisotopic (exact) mass is 717 g/mol. The highest BCUT2D eigenvalue weighted by molar-refractivity contribution is 6.59. The van der Waals surface area contributed by atoms with E-state index in [9.17, 15) is 0 Å². The van der Waals surface area contributed by atoms with E-state index in [1.807, 2.05) is 5.57 Å². The predicted octanol–water partition coefficient (Wildman–Crippen LogP) is 8.10. The molecule has 56 heavy (non-hydrogen) atoms. The zero-order valence-corrected chi connectivity index (χ0v) is 31.4. The highest BCUT2D eigenvalue weighted by Crippen LogP contribution is 2.74. The lowest BCUT2D eigenvalue weighted by Gasteiger charge is -2.44. The van der Waals surface area contributed by atoms with Gasteiger partial charge in [0.25, 0.3) is 0 Å². The Labute approximate surface area is 320 Å². The maximum atomic E-state index is 6.30. The highest BCUT2D eigenvalue weighted by Gasteiger charge is 2.66. The van der Waals surface area contributed by atoms with Crippen molar-refractivity contribution in [2.75, 3.05) is 40.0 Å². The molecule has 3 nitrogen and oxygen atoms in total. The average Bonchev–Trinajstić information content (AvgIpc) is 4.05. The van der Waals surface area contributed by atoms with Gasteiger partial charge in [-0.1, -0.05) is 53.1 Å². The van der Waals surface area contributed by atoms with Crippen LogP contribution in [0, 0.1) is 24.2 Å². The van der Waals surface area contributed by atoms with Gasteiger partial charge in [-0.25, -0.2) is 0 Å². The van der Waals surface area contributed by atoms with Gasteiger partial charge in [-0.15, -0.1) is 0 Å². The van der Waals surface area contributed by atoms with Crippen LogP contribution in [0.1, 0.15) is 47.1 Å². The summed E-state index contributed by atoms with van der Waals surface area (Å²) >= 11 is 0. The van der Waals surface area contributed by atoms with Gasteiger partial charge in [0.2, 0.25) is 0 Å². The number of ether oxygens (including phenoxy) is 2. The van der Waals surface area contributed by atoms with Crippen LogP contribution in [-0.2, 0) is 15.9 Å². The van der Waals surface area contributed by atoms with Gasteiger partial charge in [0.1, 0.15) is 0 Å². The molecule has 1 heterocycles. The van der Waals surface area contributed by atoms with Crippen molar-refractivity contribution in [2.45, 2.75) is 38.1 Å². The molecule has 1 saturated heterocycles. The fraction of sp³-hybridized carbons (Fsp3) is 0.283. The van der Waals surface area contributed by atoms with E-state index in [1.54, 1.807) is 126 Å². The Morgan fingerprint density at radius 1 is 0.696 bits per heavy atom. The van der Waals surface area contributed by atoms with Crippen LogP contribution in [-0.4, -0.2) is 44.9 Å². The lowest BCUT2D eigenvalue weighted by molar-refractivity contribution is 0.0514. The molecule has 264 valence electrons. The van der Waals surface area contributed by atoms with E-state index in [0.29, 0.717) is 37.0 Å². The van der Waals surface area contributed by atoms with Gasteiger partial charge in [-0.3, -0.25) is 4.90 Å². The number of methoxy groups -OCH3 is 1. The van der Waals surface area contributed by atoms with Crippen molar-refractivity contribution in [3.05, 3.63) is 91.7 Å². The first-order valence-electron chi connectivity index (χ1n) is 21.3. The molecular formula is C53H35NO2. The Hall–Kier alpha value is -5.06. The zero-order chi connectivity index (χ0) is 35.6. The summed E-state index contributed by atoms with van der Waals surface area (Å²) < 4.78 is 11.7. The van der Waals surface area contributed by atoms with Crippen molar-refractivity contribution in [1.29, 1.82) is 0 Å². The fourth-order valence-corrected chi connectivity index (χ4v) is 16.7. The van der Waals surface area contributed by atoms with Crippen LogP contribution in [0.4, 0.5) is 0 Å². The minimum absolute atomic E-state index is 0.0322. The number of rotatable bonds is 7. The van der Waals surface area contributed by atoms with Crippen LogP contribution in [0.15, 0.2) is 48.5 Å². The quantitative estimate of drug-likeness (QED) is 0.123. The van der Waals surface area contributed by atoms with Crippen LogP contribution in [0.2, 0.25) is 0 Å². The number of likely N-dealkylation sites (tertiary alicyclic amines) is 1. The summed E-state index contributed by atoms with van der Waals surface area (Å²) in [6.45, 7) is 6.40. The van der Waals surface area contributed by atoms with E-state index >= 15 is 0 Å². The number of fused-ring (bicyclic) bond motifs is 1. The van der Waals surface area contributed by atoms with E-state index in [-0.39, 0.29) is 5.41 Å². The Bertz CT molecular complexity index is 4000. The maximum Gasteiger partial charge on any atom is 0.0700 e. The SMILES string of the molecule is COCCOCCN1CC2C3=c4c5c6c7c8c9c(cc%10cc%11cc%12cc%13c%14c(c4c6c4c%14c%12c6c%11c%10c9c7c64)=C(C3)C%13)=CC3CC2(C=5C83)C1c1cccc(C)c1. The molecule has 7 aliphatic rings. The van der Waals surface area contributed by atoms with Crippen molar-refractivity contribution in [1.82, 2.24) is 4.90 Å². The smallest absolute Gasteiger partial charge is 0.0700 e. The largest absolute Gasteiger partial charge is 0.382 e. The standard InChI is InChI=1S/C53H35NO2/c1-20-4-3-5-21(10-20)52-53-18-28-16-26-14-23-11-22-12-25-13-24-15-27-17-29(30(53)19-54(52)6-7-56-9-8-55-2)38-43-34(27)33(24)40-35(25)39-31(22)32(23)41-36(26)42-37(28)51(53)50(38)49-47(42)45(41)44(39)46(40)48(43)49/h3-5,10-14,16,28,30,37,52H,6-9,15,17-19H2,1-2H3. The third kappa shape index (κ3) is 2.35. The van der Waals surface area contributed by atoms with E-state index in [0.717, 1.165) is 32.5 Å². The van der Waals surface area contributed by atoms with Crippen LogP contribution in [0.3, 0.4) is 0 Å². The lowest BCUT2D eigenvalue weighted by atomic mass is 9.59. The summed E-state index contributed by atoms with van der Waals surface area (Å²) in [5.41, 5.74) is 11.6. The lowest BCUT2D eigenvalue weighted by Crippen LogP contribution is -2.47. The molecule has 0 aromatic heterocycles. The molecule has 18 rings (SSSR count). The van der Waals surface area contributed by atoms with Crippen LogP contribution in [0.5, 0.6) is 0 Å². The predicted molar refractivity (Wildman–Crippen MR) is 229 cm³/mol. The molecule has 0 bridgehead atoms. The number of nitrogens with zero attached hydrogens (tertiary/aromatic N) is 1. The van der Waals surface area contributed by atoms with Gasteiger partial charge in [-0.2, -0.15) is 0 Å².